The number of aromatic nitrogens is 1. The molecule has 0 unspecified atom stereocenters. The number of thiazole rings is 1. The van der Waals surface area contributed by atoms with Crippen molar-refractivity contribution in [1.82, 2.24) is 14.6 Å². The smallest absolute Gasteiger partial charge is 0.731 e. The number of nitrogens with zero attached hydrogens (tertiary/aromatic N) is 3. The van der Waals surface area contributed by atoms with Gasteiger partial charge in [-0.1, -0.05) is 5.16 Å². The molecule has 0 aliphatic carbocycles. The summed E-state index contributed by atoms with van der Waals surface area (Å²) in [5.74, 6) is -3.50. The normalized spacial score (nSPS) is 18.2. The van der Waals surface area contributed by atoms with E-state index in [-0.39, 0.29) is 80.1 Å². The van der Waals surface area contributed by atoms with E-state index in [1.54, 1.807) is 0 Å². The van der Waals surface area contributed by atoms with Crippen LogP contribution in [0.1, 0.15) is 5.69 Å². The molecule has 1 saturated heterocycles. The van der Waals surface area contributed by atoms with Gasteiger partial charge in [0.1, 0.15) is 30.8 Å². The minimum atomic E-state index is -5.41. The molecule has 2 heterocycles. The van der Waals surface area contributed by atoms with Gasteiger partial charge >= 0.3 is 59.1 Å². The fourth-order valence-corrected chi connectivity index (χ4v) is 4.30. The summed E-state index contributed by atoms with van der Waals surface area (Å²) in [6.45, 7) is -1.22. The summed E-state index contributed by atoms with van der Waals surface area (Å²) in [7, 11) is -9.63. The van der Waals surface area contributed by atoms with E-state index in [1.807, 2.05) is 5.32 Å². The Morgan fingerprint density at radius 2 is 1.91 bits per heavy atom. The number of hydrogen-bond acceptors (Lipinski definition) is 14. The molecule has 178 valence electrons. The summed E-state index contributed by atoms with van der Waals surface area (Å²) in [6, 6.07) is -3.58. The largest absolute Gasteiger partial charge is 1.00 e. The predicted molar refractivity (Wildman–Crippen MR) is 103 cm³/mol. The van der Waals surface area contributed by atoms with Gasteiger partial charge in [0.15, 0.2) is 21.1 Å². The quantitative estimate of drug-likeness (QED) is 0.0500. The zero-order chi connectivity index (χ0) is 24.3. The van der Waals surface area contributed by atoms with Crippen LogP contribution in [-0.4, -0.2) is 90.3 Å². The predicted octanol–water partition coefficient (Wildman–Crippen LogP) is -8.69. The van der Waals surface area contributed by atoms with Crippen LogP contribution < -0.4 is 69.7 Å². The zero-order valence-electron chi connectivity index (χ0n) is 17.6. The first-order chi connectivity index (χ1) is 14.8. The van der Waals surface area contributed by atoms with Crippen LogP contribution in [0.4, 0.5) is 5.13 Å². The number of alkyl halides is 1. The number of carbonyl (C=O) groups excluding carboxylic acids is 3. The zero-order valence-corrected chi connectivity index (χ0v) is 24.8. The number of anilines is 1. The van der Waals surface area contributed by atoms with E-state index in [9.17, 15) is 40.3 Å². The van der Waals surface area contributed by atoms with E-state index in [4.69, 9.17) is 11.6 Å². The van der Waals surface area contributed by atoms with Gasteiger partial charge in [0.05, 0.1) is 6.61 Å². The van der Waals surface area contributed by atoms with E-state index in [0.29, 0.717) is 0 Å². The van der Waals surface area contributed by atoms with Gasteiger partial charge in [0.2, 0.25) is 16.3 Å². The van der Waals surface area contributed by atoms with E-state index in [0.717, 1.165) is 18.4 Å². The number of oxime groups is 1. The van der Waals surface area contributed by atoms with Crippen LogP contribution in [0.5, 0.6) is 0 Å². The van der Waals surface area contributed by atoms with Crippen LogP contribution in [0.3, 0.4) is 0 Å². The molecule has 0 spiro atoms. The molecule has 3 amide bonds. The molecule has 0 aromatic carbocycles. The summed E-state index contributed by atoms with van der Waals surface area (Å²) >= 11 is 6.25. The third kappa shape index (κ3) is 8.91. The minimum Gasteiger partial charge on any atom is -0.731 e. The summed E-state index contributed by atoms with van der Waals surface area (Å²) in [6.07, 6.45) is 0. The first kappa shape index (κ1) is 33.6. The molecular formula is C12H12ClN5Na2O11S3. The second-order valence-electron chi connectivity index (χ2n) is 5.65. The van der Waals surface area contributed by atoms with E-state index >= 15 is 0 Å². The van der Waals surface area contributed by atoms with Crippen LogP contribution >= 0.6 is 22.9 Å². The Morgan fingerprint density at radius 1 is 1.29 bits per heavy atom. The van der Waals surface area contributed by atoms with Gasteiger partial charge < -0.3 is 24.6 Å². The van der Waals surface area contributed by atoms with Crippen molar-refractivity contribution in [3.63, 3.8) is 0 Å². The molecule has 2 atom stereocenters. The number of carbonyl (C=O) groups is 3. The van der Waals surface area contributed by atoms with Gasteiger partial charge in [-0.15, -0.1) is 22.9 Å². The van der Waals surface area contributed by atoms with Crippen LogP contribution in [0.15, 0.2) is 10.5 Å². The number of β-lactam (4-membered cyclic amide) rings is 1. The SMILES string of the molecule is CON=C(C(=O)N[C@@H]1C(=O)N(S(=O)(=O)[O-])[C@@H]1COS(=O)(=O)[O-])c1csc(NC(=O)CCl)n1.[Na+].[Na+]. The summed E-state index contributed by atoms with van der Waals surface area (Å²) in [5, 5.41) is 9.13. The number of amides is 3. The molecule has 1 fully saturated rings. The van der Waals surface area contributed by atoms with Crippen molar-refractivity contribution in [3.8, 4) is 0 Å². The number of hydrogen-bond donors (Lipinski definition) is 2. The topological polar surface area (TPSA) is 237 Å². The van der Waals surface area contributed by atoms with E-state index < -0.39 is 62.8 Å². The van der Waals surface area contributed by atoms with Crippen LogP contribution in [-0.2, 0) is 44.1 Å². The van der Waals surface area contributed by atoms with Crippen LogP contribution in [0, 0.1) is 0 Å². The fraction of sp³-hybridized carbons (Fsp3) is 0.417. The molecule has 34 heavy (non-hydrogen) atoms. The molecule has 1 aromatic heterocycles. The Bertz CT molecular complexity index is 1160. The Labute approximate surface area is 246 Å². The van der Waals surface area contributed by atoms with Crippen molar-refractivity contribution in [2.24, 2.45) is 5.16 Å². The van der Waals surface area contributed by atoms with E-state index in [1.165, 1.54) is 5.38 Å². The Hall–Kier alpha value is -0.420. The van der Waals surface area contributed by atoms with Gasteiger partial charge in [-0.25, -0.2) is 26.1 Å². The van der Waals surface area contributed by atoms with Gasteiger partial charge in [-0.2, -0.15) is 0 Å². The monoisotopic (exact) mass is 579 g/mol. The summed E-state index contributed by atoms with van der Waals surface area (Å²) in [4.78, 5) is 44.4. The number of nitrogens with one attached hydrogen (secondary N) is 2. The molecular weight excluding hydrogens is 568 g/mol. The standard InChI is InChI=1S/C12H14ClN5O11S3.2Na/c1-28-17-8(5-4-30-12(14-5)15-7(19)2-13)10(20)16-9-6(3-29-32(25,26)27)18(11(9)21)31(22,23)24;;/h4,6,9H,2-3H2,1H3,(H,16,20)(H,14,15,19)(H,22,23,24)(H,25,26,27);;/q;2*+1/p-2/t6-,9+;;/m1../s1. The van der Waals surface area contributed by atoms with Crippen molar-refractivity contribution in [3.05, 3.63) is 11.1 Å². The van der Waals surface area contributed by atoms with Crippen LogP contribution in [0.25, 0.3) is 0 Å². The van der Waals surface area contributed by atoms with Crippen molar-refractivity contribution in [2.75, 3.05) is 24.9 Å². The molecule has 2 N–H and O–H groups in total. The second-order valence-corrected chi connectivity index (χ2v) is 9.07. The van der Waals surface area contributed by atoms with Crippen LogP contribution in [0.2, 0.25) is 0 Å². The third-order valence-corrected chi connectivity index (χ3v) is 5.95. The van der Waals surface area contributed by atoms with Gasteiger partial charge in [-0.3, -0.25) is 18.6 Å². The molecule has 0 bridgehead atoms. The average molecular weight is 580 g/mol. The first-order valence-corrected chi connectivity index (χ1v) is 12.0. The van der Waals surface area contributed by atoms with Gasteiger partial charge in [-0.05, 0) is 0 Å². The fourth-order valence-electron chi connectivity index (χ4n) is 2.37. The Kier molecular flexibility index (Phi) is 13.6. The molecule has 1 aliphatic heterocycles. The maximum absolute atomic E-state index is 12.6. The van der Waals surface area contributed by atoms with E-state index in [2.05, 4.69) is 24.5 Å². The molecule has 0 radical (unpaired) electrons. The Balaban J connectivity index is 0.00000544. The molecule has 2 rings (SSSR count). The Morgan fingerprint density at radius 3 is 2.41 bits per heavy atom. The summed E-state index contributed by atoms with van der Waals surface area (Å²) in [5.41, 5.74) is -0.656. The molecule has 1 aromatic rings. The second kappa shape index (κ2) is 13.8. The summed E-state index contributed by atoms with van der Waals surface area (Å²) < 4.78 is 69.2. The number of halogens is 1. The average Bonchev–Trinajstić information content (AvgIpc) is 3.12. The third-order valence-electron chi connectivity index (χ3n) is 3.59. The first-order valence-electron chi connectivity index (χ1n) is 7.91. The van der Waals surface area contributed by atoms with Gasteiger partial charge in [0.25, 0.3) is 11.8 Å². The maximum atomic E-state index is 12.6. The van der Waals surface area contributed by atoms with Crippen molar-refractivity contribution < 1.29 is 108 Å². The molecule has 0 saturated carbocycles. The molecule has 1 aliphatic rings. The van der Waals surface area contributed by atoms with Crippen molar-refractivity contribution >= 4 is 72.2 Å². The van der Waals surface area contributed by atoms with Crippen molar-refractivity contribution in [1.29, 1.82) is 0 Å². The minimum absolute atomic E-state index is 0. The molecule has 22 heteroatoms. The van der Waals surface area contributed by atoms with Crippen molar-refractivity contribution in [2.45, 2.75) is 12.1 Å². The number of rotatable bonds is 10. The maximum Gasteiger partial charge on any atom is 1.00 e. The van der Waals surface area contributed by atoms with Gasteiger partial charge in [0, 0.05) is 5.38 Å². The molecule has 16 nitrogen and oxygen atoms in total.